The summed E-state index contributed by atoms with van der Waals surface area (Å²) in [4.78, 5) is 0.656. The van der Waals surface area contributed by atoms with E-state index in [1.807, 2.05) is 0 Å². The Bertz CT molecular complexity index is 5690. The van der Waals surface area contributed by atoms with Crippen molar-refractivity contribution < 1.29 is 48.0 Å². The molecule has 0 saturated carbocycles. The molecule has 1 spiro atoms. The summed E-state index contributed by atoms with van der Waals surface area (Å²) in [6, 6.07) is -17.6. The summed E-state index contributed by atoms with van der Waals surface area (Å²) < 4.78 is 330. The lowest BCUT2D eigenvalue weighted by Crippen LogP contribution is -2.27. The summed E-state index contributed by atoms with van der Waals surface area (Å²) in [5.41, 5.74) is -17.7. The fourth-order valence-corrected chi connectivity index (χ4v) is 9.89. The van der Waals surface area contributed by atoms with Crippen molar-refractivity contribution in [3.05, 3.63) is 263 Å². The zero-order valence-electron chi connectivity index (χ0n) is 68.6. The Hall–Kier alpha value is -8.20. The van der Waals surface area contributed by atoms with Crippen LogP contribution in [0.25, 0.3) is 72.0 Å². The van der Waals surface area contributed by atoms with Gasteiger partial charge in [0.05, 0.1) is 61.9 Å². The van der Waals surface area contributed by atoms with Gasteiger partial charge in [-0.25, -0.2) is 0 Å². The Morgan fingerprint density at radius 2 is 1.08 bits per heavy atom. The van der Waals surface area contributed by atoms with Gasteiger partial charge in [-0.1, -0.05) is 195 Å². The molecule has 11 aromatic rings. The molecular weight excluding hydrogens is 797 g/mol. The molecule has 2 nitrogen and oxygen atoms in total. The molecule has 1 heterocycles. The Labute approximate surface area is 434 Å². The highest BCUT2D eigenvalue weighted by Crippen LogP contribution is 2.64. The zero-order valence-corrected chi connectivity index (χ0v) is 33.6. The van der Waals surface area contributed by atoms with Gasteiger partial charge in [-0.05, 0) is 121 Å². The minimum atomic E-state index is -3.50. The number of aromatic nitrogens is 1. The SMILES string of the molecule is [2H]c1cc2c(c([2H])c1[2H])-c1c([2H])c([2H])c([2H])c([2H])c1C21c2c([2H])c([2H])c([2H])c([2H])c2-c2c([2H])cc([2H])c(-n3c4c([2H])c([2H])c([2H])c([2H])c4c4c([2H])c([2H])c(N(c5ccc6c(c5)C(C([2H])([2H])[2H])(C([2H])([2H])[2H])c5ccccc5-6)c5c([2H])c([2H])c(-c6c([2H])c([2H])c([2H])c([2H])c6[2H])c([2H])c5[2H])c([2H])c43)c21. The van der Waals surface area contributed by atoms with E-state index in [-0.39, 0.29) is 16.7 Å². The van der Waals surface area contributed by atoms with E-state index in [9.17, 15) is 27.4 Å². The smallest absolute Gasteiger partial charge is 0.0746 e. The number of nitrogens with zero attached hydrogens (tertiary/aromatic N) is 2. The molecule has 1 unspecified atom stereocenters. The second-order valence-electron chi connectivity index (χ2n) is 15.7. The average molecular weight is 876 g/mol. The molecule has 3 aliphatic carbocycles. The van der Waals surface area contributed by atoms with E-state index in [2.05, 4.69) is 0 Å². The Kier molecular flexibility index (Phi) is 3.45. The first-order chi connectivity index (χ1) is 47.1. The highest BCUT2D eigenvalue weighted by Gasteiger charge is 2.53. The van der Waals surface area contributed by atoms with Gasteiger partial charge in [0, 0.05) is 47.0 Å². The minimum Gasteiger partial charge on any atom is -0.310 e. The Morgan fingerprint density at radius 3 is 1.89 bits per heavy atom. The molecule has 1 atom stereocenters. The van der Waals surface area contributed by atoms with E-state index in [0.29, 0.717) is 4.90 Å². The lowest BCUT2D eigenvalue weighted by atomic mass is 9.70. The van der Waals surface area contributed by atoms with Gasteiger partial charge in [-0.2, -0.15) is 0 Å². The summed E-state index contributed by atoms with van der Waals surface area (Å²) in [6.45, 7) is -7.00. The normalized spacial score (nSPS) is 23.5. The van der Waals surface area contributed by atoms with Crippen LogP contribution in [0.1, 0.15) is 95.1 Å². The van der Waals surface area contributed by atoms with Crippen LogP contribution in [0.15, 0.2) is 230 Å². The summed E-state index contributed by atoms with van der Waals surface area (Å²) in [7, 11) is 0. The number of rotatable bonds is 5. The molecule has 10 aromatic carbocycles. The molecule has 0 saturated heterocycles. The molecule has 0 bridgehead atoms. The van der Waals surface area contributed by atoms with Crippen LogP contribution in [-0.4, -0.2) is 4.57 Å². The van der Waals surface area contributed by atoms with Gasteiger partial charge in [0.25, 0.3) is 0 Å². The monoisotopic (exact) mass is 876 g/mol. The zero-order chi connectivity index (χ0) is 74.0. The van der Waals surface area contributed by atoms with E-state index in [4.69, 9.17) is 20.6 Å². The molecule has 2 heteroatoms. The molecule has 0 fully saturated rings. The first kappa shape index (κ1) is 16.7. The summed E-state index contributed by atoms with van der Waals surface area (Å²) in [6.07, 6.45) is 0. The number of para-hydroxylation sites is 1. The molecule has 0 radical (unpaired) electrons. The van der Waals surface area contributed by atoms with Crippen molar-refractivity contribution in [2.45, 2.75) is 24.5 Å². The topological polar surface area (TPSA) is 8.17 Å². The quantitative estimate of drug-likeness (QED) is 0.167. The van der Waals surface area contributed by atoms with Gasteiger partial charge in [-0.15, -0.1) is 0 Å². The van der Waals surface area contributed by atoms with Crippen LogP contribution in [0.4, 0.5) is 17.1 Å². The fraction of sp³-hybridized carbons (Fsp3) is 0.0625. The van der Waals surface area contributed by atoms with E-state index < -0.39 is 306 Å². The lowest BCUT2D eigenvalue weighted by molar-refractivity contribution is 0.660. The minimum absolute atomic E-state index is 0.00905. The van der Waals surface area contributed by atoms with E-state index in [1.165, 1.54) is 30.3 Å². The van der Waals surface area contributed by atoms with Crippen molar-refractivity contribution in [1.82, 2.24) is 4.57 Å². The Balaban J connectivity index is 1.23. The number of hydrogen-bond donors (Lipinski definition) is 0. The lowest BCUT2D eigenvalue weighted by Gasteiger charge is -2.32. The first-order valence-electron chi connectivity index (χ1n) is 37.8. The number of anilines is 3. The maximum absolute atomic E-state index is 10.9. The van der Waals surface area contributed by atoms with Crippen molar-refractivity contribution in [1.29, 1.82) is 0 Å². The second kappa shape index (κ2) is 13.7. The molecule has 1 aromatic heterocycles. The van der Waals surface area contributed by atoms with Crippen LogP contribution in [0.2, 0.25) is 0 Å². The third-order valence-electron chi connectivity index (χ3n) is 12.5. The molecule has 0 N–H and O–H groups in total. The van der Waals surface area contributed by atoms with Gasteiger partial charge in [0.1, 0.15) is 0 Å². The first-order valence-corrected chi connectivity index (χ1v) is 20.3. The van der Waals surface area contributed by atoms with Gasteiger partial charge in [0.15, 0.2) is 0 Å². The van der Waals surface area contributed by atoms with Crippen LogP contribution >= 0.6 is 0 Å². The fourth-order valence-electron chi connectivity index (χ4n) is 9.89. The molecular formula is C64H44N2. The highest BCUT2D eigenvalue weighted by molar-refractivity contribution is 6.11. The van der Waals surface area contributed by atoms with Crippen LogP contribution < -0.4 is 4.90 Å². The van der Waals surface area contributed by atoms with Gasteiger partial charge in [-0.3, -0.25) is 0 Å². The molecule has 0 amide bonds. The van der Waals surface area contributed by atoms with Crippen molar-refractivity contribution in [3.8, 4) is 50.2 Å². The molecule has 3 aliphatic rings. The van der Waals surface area contributed by atoms with Crippen LogP contribution in [0.5, 0.6) is 0 Å². The van der Waals surface area contributed by atoms with Gasteiger partial charge >= 0.3 is 0 Å². The van der Waals surface area contributed by atoms with E-state index in [1.54, 1.807) is 0 Å². The standard InChI is InChI=1S/C64H44N2/c1-63(2)54-25-11-6-19-46(54)50-37-35-44(39-58(50)63)65(43-33-31-42(32-34-43)41-17-4-3-5-18-41)45-36-38-52-51-23-10-15-29-59(51)66(61(52)40-45)60-30-16-24-53-49-22-9-14-28-57(49)64(62(53)60)55-26-12-7-20-47(55)48-21-8-13-27-56(48)64/h3-40H,1-2H3/i1D3,2D3,3D,4D,5D,7D,8D,9D,10D,12D,13D,14D,15D,17D,18D,20D,21D,22D,23D,24D,26D,28D,29D,30D,31D,32D,33D,34D,36D,38D,40D. The summed E-state index contributed by atoms with van der Waals surface area (Å²) >= 11 is 0. The van der Waals surface area contributed by atoms with E-state index in [0.717, 1.165) is 28.8 Å². The van der Waals surface area contributed by atoms with Crippen LogP contribution in [-0.2, 0) is 10.8 Å². The van der Waals surface area contributed by atoms with Gasteiger partial charge < -0.3 is 9.47 Å². The van der Waals surface area contributed by atoms with Crippen molar-refractivity contribution in [2.24, 2.45) is 0 Å². The average Bonchev–Trinajstić information content (AvgIpc) is 1.48. The van der Waals surface area contributed by atoms with Crippen molar-refractivity contribution in [2.75, 3.05) is 4.90 Å². The highest BCUT2D eigenvalue weighted by atomic mass is 15.1. The van der Waals surface area contributed by atoms with Crippen LogP contribution in [0.3, 0.4) is 0 Å². The third kappa shape index (κ3) is 4.91. The van der Waals surface area contributed by atoms with Crippen molar-refractivity contribution >= 4 is 38.9 Å². The maximum atomic E-state index is 10.9. The molecule has 0 aliphatic heterocycles. The predicted octanol–water partition coefficient (Wildman–Crippen LogP) is 16.6. The summed E-state index contributed by atoms with van der Waals surface area (Å²) in [5.74, 6) is 0. The molecule has 14 rings (SSSR count). The predicted molar refractivity (Wildman–Crippen MR) is 275 cm³/mol. The van der Waals surface area contributed by atoms with E-state index >= 15 is 0 Å². The second-order valence-corrected chi connectivity index (χ2v) is 15.7. The third-order valence-corrected chi connectivity index (χ3v) is 12.5. The largest absolute Gasteiger partial charge is 0.310 e. The Morgan fingerprint density at radius 1 is 0.424 bits per heavy atom. The molecule has 66 heavy (non-hydrogen) atoms. The summed E-state index contributed by atoms with van der Waals surface area (Å²) in [5, 5.41) is -1.42. The number of fused-ring (bicyclic) bond motifs is 16. The van der Waals surface area contributed by atoms with Crippen LogP contribution in [0, 0.1) is 0 Å². The number of hydrogen-bond acceptors (Lipinski definition) is 1. The van der Waals surface area contributed by atoms with Crippen molar-refractivity contribution in [3.63, 3.8) is 0 Å². The maximum Gasteiger partial charge on any atom is 0.0746 e. The molecule has 310 valence electrons. The van der Waals surface area contributed by atoms with Gasteiger partial charge in [0.2, 0.25) is 0 Å². The number of benzene rings is 10.